The molecule has 0 fully saturated rings. The molecule has 0 radical (unpaired) electrons. The first-order valence-electron chi connectivity index (χ1n) is 5.90. The fourth-order valence-corrected chi connectivity index (χ4v) is 1.91. The molecule has 0 spiro atoms. The highest BCUT2D eigenvalue weighted by Crippen LogP contribution is 2.21. The maximum absolute atomic E-state index is 12.0. The lowest BCUT2D eigenvalue weighted by atomic mass is 10.2. The number of hydrogen-bond acceptors (Lipinski definition) is 3. The van der Waals surface area contributed by atoms with Crippen LogP contribution in [0.25, 0.3) is 0 Å². The maximum atomic E-state index is 12.0. The van der Waals surface area contributed by atoms with Gasteiger partial charge >= 0.3 is 0 Å². The van der Waals surface area contributed by atoms with Crippen molar-refractivity contribution in [3.8, 4) is 5.75 Å². The van der Waals surface area contributed by atoms with Gasteiger partial charge in [0, 0.05) is 16.7 Å². The summed E-state index contributed by atoms with van der Waals surface area (Å²) >= 11 is 2.20. The fourth-order valence-electron chi connectivity index (χ4n) is 1.45. The van der Waals surface area contributed by atoms with E-state index >= 15 is 0 Å². The largest absolute Gasteiger partial charge is 0.493 e. The molecular weight excluding hydrogens is 343 g/mol. The number of halogens is 1. The summed E-state index contributed by atoms with van der Waals surface area (Å²) in [4.78, 5) is 14.0. The summed E-state index contributed by atoms with van der Waals surface area (Å²) in [6.45, 7) is 3.91. The third kappa shape index (κ3) is 4.81. The van der Waals surface area contributed by atoms with Crippen LogP contribution in [0.15, 0.2) is 18.2 Å². The van der Waals surface area contributed by atoms with Crippen molar-refractivity contribution in [2.45, 2.75) is 6.92 Å². The number of rotatable bonds is 6. The van der Waals surface area contributed by atoms with Gasteiger partial charge in [0.05, 0.1) is 12.2 Å². The van der Waals surface area contributed by atoms with Gasteiger partial charge in [-0.1, -0.05) is 0 Å². The van der Waals surface area contributed by atoms with E-state index in [1.807, 2.05) is 38.1 Å². The Labute approximate surface area is 122 Å². The van der Waals surface area contributed by atoms with Crippen LogP contribution in [0.5, 0.6) is 5.75 Å². The molecule has 0 atom stereocenters. The van der Waals surface area contributed by atoms with Crippen molar-refractivity contribution < 1.29 is 9.53 Å². The molecule has 1 rings (SSSR count). The maximum Gasteiger partial charge on any atom is 0.255 e. The van der Waals surface area contributed by atoms with Gasteiger partial charge in [0.1, 0.15) is 5.75 Å². The van der Waals surface area contributed by atoms with Crippen LogP contribution in [0.4, 0.5) is 0 Å². The van der Waals surface area contributed by atoms with Crippen molar-refractivity contribution in [3.05, 3.63) is 27.3 Å². The molecule has 1 N–H and O–H groups in total. The standard InChI is InChI=1S/C13H19IN2O2/c1-4-18-12-9-10(14)5-6-11(12)13(17)15-7-8-16(2)3/h5-6,9H,4,7-8H2,1-3H3,(H,15,17). The molecule has 0 aliphatic heterocycles. The minimum Gasteiger partial charge on any atom is -0.493 e. The second kappa shape index (κ2) is 7.58. The zero-order valence-corrected chi connectivity index (χ0v) is 13.2. The van der Waals surface area contributed by atoms with E-state index in [0.717, 1.165) is 10.1 Å². The number of amides is 1. The highest BCUT2D eigenvalue weighted by molar-refractivity contribution is 14.1. The van der Waals surface area contributed by atoms with Gasteiger partial charge in [0.25, 0.3) is 5.91 Å². The molecule has 0 aliphatic carbocycles. The Bertz CT molecular complexity index is 408. The molecule has 1 aromatic rings. The molecule has 100 valence electrons. The van der Waals surface area contributed by atoms with Gasteiger partial charge in [0.15, 0.2) is 0 Å². The van der Waals surface area contributed by atoms with E-state index in [0.29, 0.717) is 24.5 Å². The minimum atomic E-state index is -0.0864. The Morgan fingerprint density at radius 3 is 2.78 bits per heavy atom. The highest BCUT2D eigenvalue weighted by Gasteiger charge is 2.12. The molecule has 0 saturated carbocycles. The number of hydrogen-bond donors (Lipinski definition) is 1. The van der Waals surface area contributed by atoms with Crippen LogP contribution in [0.3, 0.4) is 0 Å². The van der Waals surface area contributed by atoms with Gasteiger partial charge in [0.2, 0.25) is 0 Å². The molecule has 4 nitrogen and oxygen atoms in total. The fraction of sp³-hybridized carbons (Fsp3) is 0.462. The molecule has 18 heavy (non-hydrogen) atoms. The van der Waals surface area contributed by atoms with Crippen LogP contribution in [0.2, 0.25) is 0 Å². The van der Waals surface area contributed by atoms with Gasteiger partial charge in [-0.05, 0) is 61.8 Å². The van der Waals surface area contributed by atoms with E-state index in [-0.39, 0.29) is 5.91 Å². The number of carbonyl (C=O) groups is 1. The van der Waals surface area contributed by atoms with E-state index in [9.17, 15) is 4.79 Å². The minimum absolute atomic E-state index is 0.0864. The predicted octanol–water partition coefficient (Wildman–Crippen LogP) is 1.98. The Balaban J connectivity index is 2.72. The van der Waals surface area contributed by atoms with E-state index in [1.54, 1.807) is 6.07 Å². The van der Waals surface area contributed by atoms with Crippen LogP contribution in [-0.2, 0) is 0 Å². The number of ether oxygens (including phenoxy) is 1. The molecule has 0 unspecified atom stereocenters. The summed E-state index contributed by atoms with van der Waals surface area (Å²) in [7, 11) is 3.95. The Morgan fingerprint density at radius 1 is 1.44 bits per heavy atom. The molecule has 5 heteroatoms. The Morgan fingerprint density at radius 2 is 2.17 bits per heavy atom. The van der Waals surface area contributed by atoms with E-state index in [1.165, 1.54) is 0 Å². The topological polar surface area (TPSA) is 41.6 Å². The first-order chi connectivity index (χ1) is 8.54. The van der Waals surface area contributed by atoms with Crippen LogP contribution in [0, 0.1) is 3.57 Å². The lowest BCUT2D eigenvalue weighted by Gasteiger charge is -2.13. The monoisotopic (exact) mass is 362 g/mol. The third-order valence-corrected chi connectivity index (χ3v) is 3.00. The van der Waals surface area contributed by atoms with Crippen molar-refractivity contribution >= 4 is 28.5 Å². The van der Waals surface area contributed by atoms with Gasteiger partial charge in [-0.15, -0.1) is 0 Å². The van der Waals surface area contributed by atoms with E-state index in [4.69, 9.17) is 4.74 Å². The number of nitrogens with zero attached hydrogens (tertiary/aromatic N) is 1. The number of carbonyl (C=O) groups excluding carboxylic acids is 1. The van der Waals surface area contributed by atoms with Crippen LogP contribution in [-0.4, -0.2) is 44.6 Å². The zero-order valence-electron chi connectivity index (χ0n) is 11.0. The third-order valence-electron chi connectivity index (χ3n) is 2.33. The molecule has 0 bridgehead atoms. The SMILES string of the molecule is CCOc1cc(I)ccc1C(=O)NCCN(C)C. The summed E-state index contributed by atoms with van der Waals surface area (Å²) in [6.07, 6.45) is 0. The van der Waals surface area contributed by atoms with Gasteiger partial charge in [-0.2, -0.15) is 0 Å². The average Bonchev–Trinajstić information content (AvgIpc) is 2.29. The van der Waals surface area contributed by atoms with Crippen LogP contribution < -0.4 is 10.1 Å². The molecule has 0 aliphatic rings. The number of benzene rings is 1. The van der Waals surface area contributed by atoms with E-state index < -0.39 is 0 Å². The second-order valence-electron chi connectivity index (χ2n) is 4.13. The summed E-state index contributed by atoms with van der Waals surface area (Å²) in [5.41, 5.74) is 0.594. The average molecular weight is 362 g/mol. The molecule has 0 aromatic heterocycles. The van der Waals surface area contributed by atoms with Crippen LogP contribution >= 0.6 is 22.6 Å². The smallest absolute Gasteiger partial charge is 0.255 e. The highest BCUT2D eigenvalue weighted by atomic mass is 127. The Kier molecular flexibility index (Phi) is 6.42. The summed E-state index contributed by atoms with van der Waals surface area (Å²) in [6, 6.07) is 5.59. The lowest BCUT2D eigenvalue weighted by Crippen LogP contribution is -2.31. The lowest BCUT2D eigenvalue weighted by molar-refractivity contribution is 0.0947. The summed E-state index contributed by atoms with van der Waals surface area (Å²) in [5.74, 6) is 0.559. The van der Waals surface area contributed by atoms with Crippen LogP contribution in [0.1, 0.15) is 17.3 Å². The molecule has 0 saturated heterocycles. The first-order valence-corrected chi connectivity index (χ1v) is 6.97. The van der Waals surface area contributed by atoms with Gasteiger partial charge in [-0.3, -0.25) is 4.79 Å². The number of likely N-dealkylation sites (N-methyl/N-ethyl adjacent to an activating group) is 1. The van der Waals surface area contributed by atoms with Crippen molar-refractivity contribution in [3.63, 3.8) is 0 Å². The predicted molar refractivity (Wildman–Crippen MR) is 81.2 cm³/mol. The van der Waals surface area contributed by atoms with Crippen molar-refractivity contribution in [1.82, 2.24) is 10.2 Å². The van der Waals surface area contributed by atoms with Gasteiger partial charge < -0.3 is 15.0 Å². The normalized spacial score (nSPS) is 10.5. The van der Waals surface area contributed by atoms with Crippen molar-refractivity contribution in [1.29, 1.82) is 0 Å². The molecule has 1 amide bonds. The molecule has 1 aromatic carbocycles. The molecule has 0 heterocycles. The quantitative estimate of drug-likeness (QED) is 0.787. The Hall–Kier alpha value is -0.820. The van der Waals surface area contributed by atoms with Crippen molar-refractivity contribution in [2.24, 2.45) is 0 Å². The first kappa shape index (κ1) is 15.2. The summed E-state index contributed by atoms with van der Waals surface area (Å²) < 4.78 is 6.55. The van der Waals surface area contributed by atoms with Crippen molar-refractivity contribution in [2.75, 3.05) is 33.8 Å². The van der Waals surface area contributed by atoms with Gasteiger partial charge in [-0.25, -0.2) is 0 Å². The zero-order chi connectivity index (χ0) is 13.5. The second-order valence-corrected chi connectivity index (χ2v) is 5.38. The molecular formula is C13H19IN2O2. The number of nitrogens with one attached hydrogen (secondary N) is 1. The summed E-state index contributed by atoms with van der Waals surface area (Å²) in [5, 5.41) is 2.89. The van der Waals surface area contributed by atoms with E-state index in [2.05, 4.69) is 27.9 Å².